The van der Waals surface area contributed by atoms with Crippen LogP contribution in [0.15, 0.2) is 18.2 Å². The fourth-order valence-corrected chi connectivity index (χ4v) is 4.34. The van der Waals surface area contributed by atoms with Crippen molar-refractivity contribution in [3.63, 3.8) is 0 Å². The van der Waals surface area contributed by atoms with Crippen LogP contribution in [0.3, 0.4) is 0 Å². The highest BCUT2D eigenvalue weighted by atomic mass is 32.1. The van der Waals surface area contributed by atoms with Crippen LogP contribution in [0, 0.1) is 11.8 Å². The Bertz CT molecular complexity index is 802. The summed E-state index contributed by atoms with van der Waals surface area (Å²) < 4.78 is 1.13. The van der Waals surface area contributed by atoms with Crippen molar-refractivity contribution >= 4 is 33.2 Å². The zero-order valence-electron chi connectivity index (χ0n) is 17.5. The number of nitrogens with two attached hydrogens (primary N) is 1. The number of aromatic nitrogens is 1. The van der Waals surface area contributed by atoms with E-state index in [2.05, 4.69) is 38.2 Å². The van der Waals surface area contributed by atoms with Crippen molar-refractivity contribution in [2.75, 3.05) is 6.54 Å². The Hall–Kier alpha value is -1.79. The predicted octanol–water partition coefficient (Wildman–Crippen LogP) is 3.88. The van der Waals surface area contributed by atoms with Crippen LogP contribution in [0.25, 0.3) is 10.2 Å². The van der Waals surface area contributed by atoms with Gasteiger partial charge in [-0.2, -0.15) is 0 Å². The average Bonchev–Trinajstić information content (AvgIpc) is 3.11. The summed E-state index contributed by atoms with van der Waals surface area (Å²) in [7, 11) is 0. The van der Waals surface area contributed by atoms with E-state index in [1.165, 1.54) is 5.56 Å². The van der Waals surface area contributed by atoms with Gasteiger partial charge in [0, 0.05) is 31.8 Å². The number of fused-ring (bicyclic) bond motifs is 1. The van der Waals surface area contributed by atoms with Gasteiger partial charge in [-0.1, -0.05) is 40.2 Å². The Balaban J connectivity index is 2.20. The number of thiazole rings is 1. The van der Waals surface area contributed by atoms with Crippen molar-refractivity contribution in [2.45, 2.75) is 65.8 Å². The van der Waals surface area contributed by atoms with Crippen LogP contribution in [-0.4, -0.2) is 29.3 Å². The normalized spacial score (nSPS) is 14.6. The average molecular weight is 404 g/mol. The van der Waals surface area contributed by atoms with Gasteiger partial charge in [0.05, 0.1) is 21.1 Å². The smallest absolute Gasteiger partial charge is 0.224 e. The van der Waals surface area contributed by atoms with Gasteiger partial charge in [-0.05, 0) is 30.0 Å². The lowest BCUT2D eigenvalue weighted by molar-refractivity contribution is -0.130. The fourth-order valence-electron chi connectivity index (χ4n) is 3.23. The number of amides is 1. The SMILES string of the molecule is CCC(=O)C[C@@H](Cc1nc2ccc(CC)cc2s1)C(=O)N[C@H](CN)[C@@H](C)CC. The minimum absolute atomic E-state index is 0.0702. The Labute approximate surface area is 172 Å². The molecule has 1 heterocycles. The Morgan fingerprint density at radius 1 is 1.25 bits per heavy atom. The third-order valence-corrected chi connectivity index (χ3v) is 6.52. The second-order valence-corrected chi connectivity index (χ2v) is 8.61. The van der Waals surface area contributed by atoms with Gasteiger partial charge in [-0.15, -0.1) is 11.3 Å². The van der Waals surface area contributed by atoms with Crippen molar-refractivity contribution in [1.82, 2.24) is 10.3 Å². The number of Topliss-reactive ketones (excluding diaryl/α,β-unsaturated/α-hetero) is 1. The molecule has 3 N–H and O–H groups in total. The van der Waals surface area contributed by atoms with Gasteiger partial charge in [-0.25, -0.2) is 4.98 Å². The number of ketones is 1. The van der Waals surface area contributed by atoms with Crippen molar-refractivity contribution in [3.05, 3.63) is 28.8 Å². The Morgan fingerprint density at radius 3 is 2.61 bits per heavy atom. The van der Waals surface area contributed by atoms with E-state index in [-0.39, 0.29) is 24.2 Å². The monoisotopic (exact) mass is 403 g/mol. The molecule has 0 aliphatic carbocycles. The summed E-state index contributed by atoms with van der Waals surface area (Å²) in [6, 6.07) is 6.22. The van der Waals surface area contributed by atoms with Gasteiger partial charge in [0.25, 0.3) is 0 Å². The first-order chi connectivity index (χ1) is 13.4. The molecular formula is C22H33N3O2S. The molecular weight excluding hydrogens is 370 g/mol. The maximum Gasteiger partial charge on any atom is 0.224 e. The van der Waals surface area contributed by atoms with Gasteiger partial charge in [0.2, 0.25) is 5.91 Å². The number of benzene rings is 1. The van der Waals surface area contributed by atoms with E-state index in [1.807, 2.05) is 13.0 Å². The lowest BCUT2D eigenvalue weighted by atomic mass is 9.94. The zero-order valence-corrected chi connectivity index (χ0v) is 18.3. The van der Waals surface area contributed by atoms with Gasteiger partial charge in [-0.3, -0.25) is 9.59 Å². The molecule has 0 unspecified atom stereocenters. The number of carbonyl (C=O) groups excluding carboxylic acids is 2. The standard InChI is InChI=1S/C22H33N3O2S/c1-5-14(4)19(13-23)25-22(27)16(11-17(26)7-3)12-21-24-18-9-8-15(6-2)10-20(18)28-21/h8-10,14,16,19H,5-7,11-13,23H2,1-4H3,(H,25,27)/t14-,16-,19+/m0/s1. The first-order valence-corrected chi connectivity index (χ1v) is 11.1. The third-order valence-electron chi connectivity index (χ3n) is 5.48. The molecule has 3 atom stereocenters. The molecule has 0 aliphatic heterocycles. The second-order valence-electron chi connectivity index (χ2n) is 7.50. The highest BCUT2D eigenvalue weighted by molar-refractivity contribution is 7.18. The predicted molar refractivity (Wildman–Crippen MR) is 117 cm³/mol. The lowest BCUT2D eigenvalue weighted by Gasteiger charge is -2.25. The quantitative estimate of drug-likeness (QED) is 0.596. The van der Waals surface area contributed by atoms with Gasteiger partial charge >= 0.3 is 0 Å². The zero-order chi connectivity index (χ0) is 20.7. The molecule has 0 fully saturated rings. The summed E-state index contributed by atoms with van der Waals surface area (Å²) in [6.45, 7) is 8.54. The molecule has 5 nitrogen and oxygen atoms in total. The summed E-state index contributed by atoms with van der Waals surface area (Å²) in [5.74, 6) is -0.100. The van der Waals surface area contributed by atoms with Crippen LogP contribution in [0.2, 0.25) is 0 Å². The Kier molecular flexibility index (Phi) is 8.58. The number of carbonyl (C=O) groups is 2. The van der Waals surface area contributed by atoms with Crippen molar-refractivity contribution in [3.8, 4) is 0 Å². The van der Waals surface area contributed by atoms with E-state index in [1.54, 1.807) is 11.3 Å². The van der Waals surface area contributed by atoms with Crippen molar-refractivity contribution < 1.29 is 9.59 Å². The summed E-state index contributed by atoms with van der Waals surface area (Å²) in [5, 5.41) is 3.98. The van der Waals surface area contributed by atoms with Crippen molar-refractivity contribution in [1.29, 1.82) is 0 Å². The maximum absolute atomic E-state index is 13.0. The van der Waals surface area contributed by atoms with E-state index in [0.29, 0.717) is 25.3 Å². The first-order valence-electron chi connectivity index (χ1n) is 10.3. The van der Waals surface area contributed by atoms with Gasteiger partial charge in [0.1, 0.15) is 5.78 Å². The number of hydrogen-bond donors (Lipinski definition) is 2. The second kappa shape index (κ2) is 10.7. The number of nitrogens with zero attached hydrogens (tertiary/aromatic N) is 1. The molecule has 0 bridgehead atoms. The highest BCUT2D eigenvalue weighted by Crippen LogP contribution is 2.26. The van der Waals surface area contributed by atoms with Crippen LogP contribution in [0.1, 0.15) is 57.5 Å². The summed E-state index contributed by atoms with van der Waals surface area (Å²) in [5.41, 5.74) is 8.10. The third kappa shape index (κ3) is 5.85. The first kappa shape index (κ1) is 22.5. The molecule has 0 saturated carbocycles. The number of rotatable bonds is 11. The van der Waals surface area contributed by atoms with E-state index >= 15 is 0 Å². The lowest BCUT2D eigenvalue weighted by Crippen LogP contribution is -2.47. The molecule has 0 spiro atoms. The van der Waals surface area contributed by atoms with Gasteiger partial charge in [0.15, 0.2) is 0 Å². The highest BCUT2D eigenvalue weighted by Gasteiger charge is 2.26. The van der Waals surface area contributed by atoms with E-state index in [9.17, 15) is 9.59 Å². The van der Waals surface area contributed by atoms with Crippen LogP contribution in [-0.2, 0) is 22.4 Å². The van der Waals surface area contributed by atoms with Gasteiger partial charge < -0.3 is 11.1 Å². The molecule has 1 amide bonds. The minimum Gasteiger partial charge on any atom is -0.352 e. The molecule has 0 saturated heterocycles. The molecule has 1 aromatic heterocycles. The van der Waals surface area contributed by atoms with E-state index in [0.717, 1.165) is 28.1 Å². The molecule has 2 rings (SSSR count). The molecule has 2 aromatic rings. The Morgan fingerprint density at radius 2 is 2.00 bits per heavy atom. The minimum atomic E-state index is -0.406. The summed E-state index contributed by atoms with van der Waals surface area (Å²) in [6.07, 6.45) is 3.09. The van der Waals surface area contributed by atoms with Crippen molar-refractivity contribution in [2.24, 2.45) is 17.6 Å². The molecule has 1 aromatic carbocycles. The van der Waals surface area contributed by atoms with Crippen LogP contribution in [0.4, 0.5) is 0 Å². The van der Waals surface area contributed by atoms with E-state index in [4.69, 9.17) is 10.7 Å². The van der Waals surface area contributed by atoms with Crippen LogP contribution >= 0.6 is 11.3 Å². The molecule has 0 radical (unpaired) electrons. The maximum atomic E-state index is 13.0. The molecule has 0 aliphatic rings. The van der Waals surface area contributed by atoms with Crippen LogP contribution in [0.5, 0.6) is 0 Å². The van der Waals surface area contributed by atoms with E-state index < -0.39 is 5.92 Å². The topological polar surface area (TPSA) is 85.1 Å². The number of aryl methyl sites for hydroxylation is 1. The number of nitrogens with one attached hydrogen (secondary N) is 1. The summed E-state index contributed by atoms with van der Waals surface area (Å²) in [4.78, 5) is 29.8. The molecule has 28 heavy (non-hydrogen) atoms. The number of hydrogen-bond acceptors (Lipinski definition) is 5. The molecule has 154 valence electrons. The fraction of sp³-hybridized carbons (Fsp3) is 0.591. The largest absolute Gasteiger partial charge is 0.352 e. The summed E-state index contributed by atoms with van der Waals surface area (Å²) >= 11 is 1.62. The van der Waals surface area contributed by atoms with Crippen LogP contribution < -0.4 is 11.1 Å². The molecule has 6 heteroatoms.